The molecule has 4 nitrogen and oxygen atoms in total. The zero-order chi connectivity index (χ0) is 13.7. The number of halogens is 1. The van der Waals surface area contributed by atoms with E-state index in [4.69, 9.17) is 11.6 Å². The SMILES string of the molecule is CCc1nc(Cl)cc(NCC2CCCCC2CO)n1. The van der Waals surface area contributed by atoms with Crippen LogP contribution in [-0.2, 0) is 6.42 Å². The van der Waals surface area contributed by atoms with Gasteiger partial charge in [-0.3, -0.25) is 0 Å². The van der Waals surface area contributed by atoms with Crippen molar-refractivity contribution in [1.29, 1.82) is 0 Å². The minimum Gasteiger partial charge on any atom is -0.396 e. The lowest BCUT2D eigenvalue weighted by Gasteiger charge is -2.30. The summed E-state index contributed by atoms with van der Waals surface area (Å²) in [7, 11) is 0. The predicted molar refractivity (Wildman–Crippen MR) is 77.4 cm³/mol. The molecule has 2 N–H and O–H groups in total. The van der Waals surface area contributed by atoms with E-state index in [-0.39, 0.29) is 6.61 Å². The highest BCUT2D eigenvalue weighted by molar-refractivity contribution is 6.29. The predicted octanol–water partition coefficient (Wildman–Crippen LogP) is 2.90. The van der Waals surface area contributed by atoms with Crippen LogP contribution in [0.2, 0.25) is 5.15 Å². The second-order valence-corrected chi connectivity index (χ2v) is 5.60. The number of hydrogen-bond acceptors (Lipinski definition) is 4. The Hall–Kier alpha value is -0.870. The standard InChI is InChI=1S/C14H22ClN3O/c1-2-13-17-12(15)7-14(18-13)16-8-10-5-3-4-6-11(10)9-19/h7,10-11,19H,2-6,8-9H2,1H3,(H,16,17,18). The second kappa shape index (κ2) is 7.06. The highest BCUT2D eigenvalue weighted by atomic mass is 35.5. The number of hydrogen-bond donors (Lipinski definition) is 2. The third-order valence-corrected chi connectivity index (χ3v) is 4.10. The van der Waals surface area contributed by atoms with Crippen LogP contribution in [0.1, 0.15) is 38.4 Å². The Balaban J connectivity index is 1.95. The van der Waals surface area contributed by atoms with Gasteiger partial charge in [0, 0.05) is 25.6 Å². The minimum absolute atomic E-state index is 0.289. The van der Waals surface area contributed by atoms with Crippen LogP contribution in [0.25, 0.3) is 0 Å². The molecule has 2 atom stereocenters. The lowest BCUT2D eigenvalue weighted by atomic mass is 9.79. The Bertz CT molecular complexity index is 414. The molecular weight excluding hydrogens is 262 g/mol. The number of rotatable bonds is 5. The van der Waals surface area contributed by atoms with Gasteiger partial charge in [-0.2, -0.15) is 0 Å². The number of aliphatic hydroxyl groups excluding tert-OH is 1. The smallest absolute Gasteiger partial charge is 0.134 e. The molecule has 1 aliphatic carbocycles. The summed E-state index contributed by atoms with van der Waals surface area (Å²) in [5.74, 6) is 2.50. The average molecular weight is 284 g/mol. The largest absolute Gasteiger partial charge is 0.396 e. The molecule has 0 spiro atoms. The van der Waals surface area contributed by atoms with E-state index in [9.17, 15) is 5.11 Å². The van der Waals surface area contributed by atoms with E-state index in [0.717, 1.165) is 31.0 Å². The van der Waals surface area contributed by atoms with E-state index in [1.807, 2.05) is 6.92 Å². The number of aliphatic hydroxyl groups is 1. The van der Waals surface area contributed by atoms with Gasteiger partial charge in [0.2, 0.25) is 0 Å². The molecule has 1 aliphatic rings. The molecule has 1 saturated carbocycles. The highest BCUT2D eigenvalue weighted by Crippen LogP contribution is 2.29. The lowest BCUT2D eigenvalue weighted by Crippen LogP contribution is -2.28. The molecule has 0 aliphatic heterocycles. The highest BCUT2D eigenvalue weighted by Gasteiger charge is 2.24. The first-order chi connectivity index (χ1) is 9.22. The van der Waals surface area contributed by atoms with Gasteiger partial charge in [-0.05, 0) is 24.7 Å². The third kappa shape index (κ3) is 4.05. The van der Waals surface area contributed by atoms with Gasteiger partial charge in [-0.1, -0.05) is 31.4 Å². The zero-order valence-electron chi connectivity index (χ0n) is 11.4. The Morgan fingerprint density at radius 2 is 2.05 bits per heavy atom. The maximum Gasteiger partial charge on any atom is 0.134 e. The fourth-order valence-electron chi connectivity index (χ4n) is 2.74. The maximum atomic E-state index is 9.41. The first-order valence-electron chi connectivity index (χ1n) is 7.11. The number of nitrogens with one attached hydrogen (secondary N) is 1. The number of aromatic nitrogens is 2. The summed E-state index contributed by atoms with van der Waals surface area (Å²) >= 11 is 5.98. The van der Waals surface area contributed by atoms with Crippen molar-refractivity contribution in [1.82, 2.24) is 9.97 Å². The molecule has 5 heteroatoms. The van der Waals surface area contributed by atoms with Crippen LogP contribution >= 0.6 is 11.6 Å². The summed E-state index contributed by atoms with van der Waals surface area (Å²) in [4.78, 5) is 8.57. The van der Waals surface area contributed by atoms with Gasteiger partial charge in [0.15, 0.2) is 0 Å². The van der Waals surface area contributed by atoms with Crippen LogP contribution in [0.5, 0.6) is 0 Å². The van der Waals surface area contributed by atoms with Gasteiger partial charge in [0.1, 0.15) is 16.8 Å². The van der Waals surface area contributed by atoms with Gasteiger partial charge < -0.3 is 10.4 Å². The third-order valence-electron chi connectivity index (χ3n) is 3.90. The summed E-state index contributed by atoms with van der Waals surface area (Å²) in [5.41, 5.74) is 0. The zero-order valence-corrected chi connectivity index (χ0v) is 12.2. The van der Waals surface area contributed by atoms with E-state index in [2.05, 4.69) is 15.3 Å². The average Bonchev–Trinajstić information content (AvgIpc) is 2.44. The van der Waals surface area contributed by atoms with Crippen molar-refractivity contribution in [2.24, 2.45) is 11.8 Å². The van der Waals surface area contributed by atoms with Crippen LogP contribution in [0.3, 0.4) is 0 Å². The lowest BCUT2D eigenvalue weighted by molar-refractivity contribution is 0.141. The Labute approximate surface area is 119 Å². The summed E-state index contributed by atoms with van der Waals surface area (Å²) in [6, 6.07) is 1.76. The van der Waals surface area contributed by atoms with Gasteiger partial charge in [-0.15, -0.1) is 0 Å². The molecule has 1 aromatic heterocycles. The normalized spacial score (nSPS) is 23.3. The summed E-state index contributed by atoms with van der Waals surface area (Å²) in [5, 5.41) is 13.2. The van der Waals surface area contributed by atoms with Crippen molar-refractivity contribution in [2.45, 2.75) is 39.0 Å². The molecular formula is C14H22ClN3O. The van der Waals surface area contributed by atoms with E-state index < -0.39 is 0 Å². The van der Waals surface area contributed by atoms with Gasteiger partial charge in [0.05, 0.1) is 0 Å². The molecule has 0 amide bonds. The summed E-state index contributed by atoms with van der Waals surface area (Å²) < 4.78 is 0. The first-order valence-corrected chi connectivity index (χ1v) is 7.49. The molecule has 2 rings (SSSR count). The first kappa shape index (κ1) is 14.5. The van der Waals surface area contributed by atoms with Crippen molar-refractivity contribution in [3.8, 4) is 0 Å². The molecule has 1 heterocycles. The molecule has 0 bridgehead atoms. The molecule has 1 fully saturated rings. The molecule has 2 unspecified atom stereocenters. The molecule has 0 saturated heterocycles. The monoisotopic (exact) mass is 283 g/mol. The number of anilines is 1. The number of aryl methyl sites for hydroxylation is 1. The summed E-state index contributed by atoms with van der Waals surface area (Å²) in [6.07, 6.45) is 5.58. The van der Waals surface area contributed by atoms with E-state index >= 15 is 0 Å². The number of nitrogens with zero attached hydrogens (tertiary/aromatic N) is 2. The van der Waals surface area contributed by atoms with Gasteiger partial charge in [-0.25, -0.2) is 9.97 Å². The fourth-order valence-corrected chi connectivity index (χ4v) is 2.94. The fraction of sp³-hybridized carbons (Fsp3) is 0.714. The minimum atomic E-state index is 0.289. The van der Waals surface area contributed by atoms with E-state index in [0.29, 0.717) is 17.0 Å². The Morgan fingerprint density at radius 1 is 1.32 bits per heavy atom. The van der Waals surface area contributed by atoms with Crippen molar-refractivity contribution < 1.29 is 5.11 Å². The van der Waals surface area contributed by atoms with Crippen LogP contribution in [0.4, 0.5) is 5.82 Å². The molecule has 0 radical (unpaired) electrons. The Kier molecular flexibility index (Phi) is 5.40. The van der Waals surface area contributed by atoms with Crippen molar-refractivity contribution in [2.75, 3.05) is 18.5 Å². The van der Waals surface area contributed by atoms with Gasteiger partial charge in [0.25, 0.3) is 0 Å². The summed E-state index contributed by atoms with van der Waals surface area (Å²) in [6.45, 7) is 3.15. The van der Waals surface area contributed by atoms with Gasteiger partial charge >= 0.3 is 0 Å². The van der Waals surface area contributed by atoms with Crippen LogP contribution in [-0.4, -0.2) is 28.2 Å². The second-order valence-electron chi connectivity index (χ2n) is 5.21. The van der Waals surface area contributed by atoms with Crippen molar-refractivity contribution in [3.05, 3.63) is 17.0 Å². The van der Waals surface area contributed by atoms with Crippen LogP contribution in [0, 0.1) is 11.8 Å². The maximum absolute atomic E-state index is 9.41. The topological polar surface area (TPSA) is 58.0 Å². The van der Waals surface area contributed by atoms with E-state index in [1.54, 1.807) is 6.07 Å². The molecule has 19 heavy (non-hydrogen) atoms. The van der Waals surface area contributed by atoms with Crippen LogP contribution in [0.15, 0.2) is 6.07 Å². The van der Waals surface area contributed by atoms with Crippen molar-refractivity contribution >= 4 is 17.4 Å². The quantitative estimate of drug-likeness (QED) is 0.816. The Morgan fingerprint density at radius 3 is 2.74 bits per heavy atom. The molecule has 0 aromatic carbocycles. The molecule has 1 aromatic rings. The van der Waals surface area contributed by atoms with E-state index in [1.165, 1.54) is 19.3 Å². The van der Waals surface area contributed by atoms with Crippen LogP contribution < -0.4 is 5.32 Å². The molecule has 106 valence electrons. The van der Waals surface area contributed by atoms with Crippen molar-refractivity contribution in [3.63, 3.8) is 0 Å².